The summed E-state index contributed by atoms with van der Waals surface area (Å²) >= 11 is 0. The van der Waals surface area contributed by atoms with E-state index < -0.39 is 17.8 Å². The molecule has 0 aliphatic heterocycles. The van der Waals surface area contributed by atoms with Crippen LogP contribution in [0.2, 0.25) is 0 Å². The van der Waals surface area contributed by atoms with Gasteiger partial charge in [0, 0.05) is 0 Å². The Morgan fingerprint density at radius 1 is 1.33 bits per heavy atom. The van der Waals surface area contributed by atoms with Gasteiger partial charge in [0.1, 0.15) is 6.10 Å². The van der Waals surface area contributed by atoms with E-state index in [2.05, 4.69) is 5.32 Å². The molecule has 1 amide bonds. The largest absolute Gasteiger partial charge is 0.493 e. The number of carbonyl (C=O) groups is 2. The highest BCUT2D eigenvalue weighted by atomic mass is 16.5. The van der Waals surface area contributed by atoms with Gasteiger partial charge in [-0.2, -0.15) is 0 Å². The van der Waals surface area contributed by atoms with E-state index in [9.17, 15) is 9.59 Å². The van der Waals surface area contributed by atoms with Crippen molar-refractivity contribution in [1.29, 1.82) is 0 Å². The molecule has 0 saturated heterocycles. The summed E-state index contributed by atoms with van der Waals surface area (Å²) in [6, 6.07) is 7.27. The van der Waals surface area contributed by atoms with Gasteiger partial charge < -0.3 is 19.9 Å². The lowest BCUT2D eigenvalue weighted by molar-refractivity contribution is -0.140. The van der Waals surface area contributed by atoms with Crippen molar-refractivity contribution in [1.82, 2.24) is 5.32 Å². The zero-order chi connectivity index (χ0) is 15.4. The summed E-state index contributed by atoms with van der Waals surface area (Å²) in [5.41, 5.74) is 0. The summed E-state index contributed by atoms with van der Waals surface area (Å²) in [4.78, 5) is 22.5. The molecule has 1 aromatic carbocycles. The minimum absolute atomic E-state index is 0.224. The molecule has 6 nitrogen and oxygen atoms in total. The van der Waals surface area contributed by atoms with Crippen LogP contribution in [0, 0.1) is 11.8 Å². The Bertz CT molecular complexity index is 531. The number of carbonyl (C=O) groups excluding carboxylic acids is 1. The average Bonchev–Trinajstić information content (AvgIpc) is 3.26. The van der Waals surface area contributed by atoms with Crippen LogP contribution in [0.3, 0.4) is 0 Å². The topological polar surface area (TPSA) is 84.9 Å². The zero-order valence-electron chi connectivity index (χ0n) is 12.0. The predicted octanol–water partition coefficient (Wildman–Crippen LogP) is 1.30. The van der Waals surface area contributed by atoms with Crippen molar-refractivity contribution in [3.05, 3.63) is 24.3 Å². The van der Waals surface area contributed by atoms with Gasteiger partial charge in [-0.25, -0.2) is 0 Å². The lowest BCUT2D eigenvalue weighted by Crippen LogP contribution is -2.35. The number of para-hydroxylation sites is 2. The van der Waals surface area contributed by atoms with E-state index in [1.807, 2.05) is 19.1 Å². The number of rotatable bonds is 7. The van der Waals surface area contributed by atoms with Gasteiger partial charge in [-0.15, -0.1) is 0 Å². The molecule has 1 aliphatic carbocycles. The van der Waals surface area contributed by atoms with Gasteiger partial charge in [-0.05, 0) is 25.5 Å². The van der Waals surface area contributed by atoms with E-state index in [4.69, 9.17) is 14.6 Å². The Labute approximate surface area is 123 Å². The maximum atomic E-state index is 11.7. The first kappa shape index (κ1) is 15.2. The van der Waals surface area contributed by atoms with Gasteiger partial charge in [-0.1, -0.05) is 12.1 Å². The fourth-order valence-corrected chi connectivity index (χ4v) is 2.11. The van der Waals surface area contributed by atoms with Crippen LogP contribution < -0.4 is 14.8 Å². The van der Waals surface area contributed by atoms with Crippen LogP contribution in [-0.4, -0.2) is 36.7 Å². The van der Waals surface area contributed by atoms with E-state index in [-0.39, 0.29) is 12.0 Å². The first-order chi connectivity index (χ1) is 10.0. The second-order valence-electron chi connectivity index (χ2n) is 5.11. The number of carboxylic acid groups (broad SMARTS) is 1. The Morgan fingerprint density at radius 3 is 2.57 bits per heavy atom. The number of aliphatic carboxylic acids is 1. The summed E-state index contributed by atoms with van der Waals surface area (Å²) in [5.74, 6) is -0.830. The van der Waals surface area contributed by atoms with Crippen molar-refractivity contribution < 1.29 is 24.2 Å². The first-order valence-corrected chi connectivity index (χ1v) is 6.83. The Morgan fingerprint density at radius 2 is 2.00 bits per heavy atom. The van der Waals surface area contributed by atoms with Gasteiger partial charge in [0.25, 0.3) is 0 Å². The highest BCUT2D eigenvalue weighted by molar-refractivity contribution is 5.89. The SMILES string of the molecule is COc1ccccc1OC(C)CNC(=O)C1CC1C(=O)O. The van der Waals surface area contributed by atoms with Gasteiger partial charge in [0.05, 0.1) is 25.5 Å². The van der Waals surface area contributed by atoms with Crippen LogP contribution in [0.15, 0.2) is 24.3 Å². The molecule has 1 aliphatic rings. The van der Waals surface area contributed by atoms with E-state index in [0.29, 0.717) is 24.5 Å². The molecule has 114 valence electrons. The number of amides is 1. The number of nitrogens with one attached hydrogen (secondary N) is 1. The smallest absolute Gasteiger partial charge is 0.307 e. The molecule has 1 aromatic rings. The molecule has 6 heteroatoms. The molecule has 0 radical (unpaired) electrons. The standard InChI is InChI=1S/C15H19NO5/c1-9(21-13-6-4-3-5-12(13)20-2)8-16-14(17)10-7-11(10)15(18)19/h3-6,9-11H,7-8H2,1-2H3,(H,16,17)(H,18,19). The predicted molar refractivity (Wildman–Crippen MR) is 75.3 cm³/mol. The van der Waals surface area contributed by atoms with E-state index in [1.165, 1.54) is 0 Å². The van der Waals surface area contributed by atoms with Crippen molar-refractivity contribution in [2.45, 2.75) is 19.4 Å². The van der Waals surface area contributed by atoms with Gasteiger partial charge in [-0.3, -0.25) is 9.59 Å². The molecular weight excluding hydrogens is 274 g/mol. The lowest BCUT2D eigenvalue weighted by Gasteiger charge is -2.17. The molecule has 3 atom stereocenters. The Kier molecular flexibility index (Phi) is 4.67. The molecule has 2 N–H and O–H groups in total. The van der Waals surface area contributed by atoms with Crippen LogP contribution in [0.4, 0.5) is 0 Å². The minimum Gasteiger partial charge on any atom is -0.493 e. The molecule has 21 heavy (non-hydrogen) atoms. The van der Waals surface area contributed by atoms with Crippen molar-refractivity contribution >= 4 is 11.9 Å². The minimum atomic E-state index is -0.909. The summed E-state index contributed by atoms with van der Waals surface area (Å²) in [7, 11) is 1.56. The number of ether oxygens (including phenoxy) is 2. The Balaban J connectivity index is 1.79. The van der Waals surface area contributed by atoms with Crippen molar-refractivity contribution in [3.63, 3.8) is 0 Å². The summed E-state index contributed by atoms with van der Waals surface area (Å²) in [6.07, 6.45) is 0.176. The molecule has 1 saturated carbocycles. The maximum absolute atomic E-state index is 11.7. The molecule has 2 rings (SSSR count). The van der Waals surface area contributed by atoms with E-state index in [0.717, 1.165) is 0 Å². The second-order valence-corrected chi connectivity index (χ2v) is 5.11. The van der Waals surface area contributed by atoms with Gasteiger partial charge >= 0.3 is 5.97 Å². The number of carboxylic acids is 1. The number of hydrogen-bond acceptors (Lipinski definition) is 4. The quantitative estimate of drug-likeness (QED) is 0.791. The summed E-state index contributed by atoms with van der Waals surface area (Å²) in [5, 5.41) is 11.5. The lowest BCUT2D eigenvalue weighted by atomic mass is 10.3. The fourth-order valence-electron chi connectivity index (χ4n) is 2.11. The molecule has 0 aromatic heterocycles. The fraction of sp³-hybridized carbons (Fsp3) is 0.467. The zero-order valence-corrected chi connectivity index (χ0v) is 12.0. The van der Waals surface area contributed by atoms with Crippen LogP contribution in [-0.2, 0) is 9.59 Å². The van der Waals surface area contributed by atoms with E-state index in [1.54, 1.807) is 19.2 Å². The molecule has 0 bridgehead atoms. The monoisotopic (exact) mass is 293 g/mol. The maximum Gasteiger partial charge on any atom is 0.307 e. The van der Waals surface area contributed by atoms with Crippen molar-refractivity contribution in [3.8, 4) is 11.5 Å². The Hall–Kier alpha value is -2.24. The first-order valence-electron chi connectivity index (χ1n) is 6.83. The molecule has 0 heterocycles. The number of benzene rings is 1. The van der Waals surface area contributed by atoms with Crippen molar-refractivity contribution in [2.75, 3.05) is 13.7 Å². The summed E-state index contributed by atoms with van der Waals surface area (Å²) in [6.45, 7) is 2.15. The number of methoxy groups -OCH3 is 1. The third kappa shape index (κ3) is 3.87. The highest BCUT2D eigenvalue weighted by Gasteiger charge is 2.48. The summed E-state index contributed by atoms with van der Waals surface area (Å²) < 4.78 is 10.9. The molecular formula is C15H19NO5. The third-order valence-corrected chi connectivity index (χ3v) is 3.41. The van der Waals surface area contributed by atoms with Crippen LogP contribution in [0.5, 0.6) is 11.5 Å². The second kappa shape index (κ2) is 6.47. The average molecular weight is 293 g/mol. The molecule has 1 fully saturated rings. The third-order valence-electron chi connectivity index (χ3n) is 3.41. The van der Waals surface area contributed by atoms with Gasteiger partial charge in [0.2, 0.25) is 5.91 Å². The highest BCUT2D eigenvalue weighted by Crippen LogP contribution is 2.38. The van der Waals surface area contributed by atoms with Crippen LogP contribution in [0.1, 0.15) is 13.3 Å². The normalized spacial score (nSPS) is 21.2. The van der Waals surface area contributed by atoms with Crippen LogP contribution >= 0.6 is 0 Å². The molecule has 3 unspecified atom stereocenters. The van der Waals surface area contributed by atoms with Crippen LogP contribution in [0.25, 0.3) is 0 Å². The molecule has 0 spiro atoms. The number of hydrogen-bond donors (Lipinski definition) is 2. The van der Waals surface area contributed by atoms with E-state index >= 15 is 0 Å². The van der Waals surface area contributed by atoms with Crippen molar-refractivity contribution in [2.24, 2.45) is 11.8 Å². The van der Waals surface area contributed by atoms with Gasteiger partial charge in [0.15, 0.2) is 11.5 Å².